The number of alkyl carbamates (subject to hydrolysis) is 1. The Bertz CT molecular complexity index is 1790. The number of methoxy groups -OCH3 is 2. The Morgan fingerprint density at radius 2 is 1.31 bits per heavy atom. The summed E-state index contributed by atoms with van der Waals surface area (Å²) in [5.74, 6) is -5.59. The normalized spacial score (nSPS) is 20.2. The standard InChI is InChI=1S/C34H41NO18S/c1-18(36)46-26-27(47-19(2)37)29(48-20(3)38)32(50-28(26)31(40)45-8)49-24-11-9-10-12-25(24)53-54(42,43)52-22-15-13-21(14-16-22)17-23(30(39)44-7)35-33(41)51-34(4,5)6/h9-16,23,26-29,32H,17H2,1-8H3,(H,35,41)/t23?,26-,27+,28+,29-,32-/m1/s1. The lowest BCUT2D eigenvalue weighted by atomic mass is 9.97. The number of amides is 1. The van der Waals surface area contributed by atoms with E-state index in [0.29, 0.717) is 5.56 Å². The summed E-state index contributed by atoms with van der Waals surface area (Å²) in [5, 5.41) is 2.44. The SMILES string of the molecule is COC(=O)C(Cc1ccc(OS(=O)(=O)Oc2ccccc2O[C@@H]2O[C@H](C(=O)OC)[C@H](OC(C)=O)[C@H](OC(C)=O)[C@H]2OC(C)=O)cc1)NC(=O)OC(C)(C)C. The molecular formula is C34H41NO18S. The summed E-state index contributed by atoms with van der Waals surface area (Å²) >= 11 is 0. The van der Waals surface area contributed by atoms with Crippen LogP contribution >= 0.6 is 0 Å². The Morgan fingerprint density at radius 3 is 1.85 bits per heavy atom. The van der Waals surface area contributed by atoms with E-state index in [4.69, 9.17) is 46.3 Å². The van der Waals surface area contributed by atoms with Crippen LogP contribution in [0.15, 0.2) is 48.5 Å². The minimum atomic E-state index is -4.90. The maximum absolute atomic E-state index is 13.1. The van der Waals surface area contributed by atoms with Crippen LogP contribution in [0.25, 0.3) is 0 Å². The molecule has 2 aromatic carbocycles. The molecule has 2 aromatic rings. The Kier molecular flexibility index (Phi) is 14.6. The number of carbonyl (C=O) groups is 6. The molecule has 20 heteroatoms. The molecule has 1 unspecified atom stereocenters. The molecule has 1 aliphatic rings. The van der Waals surface area contributed by atoms with Gasteiger partial charge in [0.1, 0.15) is 17.4 Å². The minimum absolute atomic E-state index is 0.0471. The molecule has 3 rings (SSSR count). The number of rotatable bonds is 14. The van der Waals surface area contributed by atoms with Gasteiger partial charge in [-0.1, -0.05) is 24.3 Å². The zero-order chi connectivity index (χ0) is 40.4. The fraction of sp³-hybridized carbons (Fsp3) is 0.471. The lowest BCUT2D eigenvalue weighted by molar-refractivity contribution is -0.282. The van der Waals surface area contributed by atoms with Crippen molar-refractivity contribution in [1.29, 1.82) is 0 Å². The molecule has 1 heterocycles. The van der Waals surface area contributed by atoms with Crippen molar-refractivity contribution < 1.29 is 83.4 Å². The molecule has 1 N–H and O–H groups in total. The summed E-state index contributed by atoms with van der Waals surface area (Å²) < 4.78 is 78.6. The van der Waals surface area contributed by atoms with Crippen molar-refractivity contribution in [3.63, 3.8) is 0 Å². The maximum atomic E-state index is 13.1. The van der Waals surface area contributed by atoms with Gasteiger partial charge >= 0.3 is 46.3 Å². The Hall–Kier alpha value is -5.63. The maximum Gasteiger partial charge on any atom is 0.501 e. The van der Waals surface area contributed by atoms with E-state index in [0.717, 1.165) is 35.0 Å². The van der Waals surface area contributed by atoms with Gasteiger partial charge < -0.3 is 51.6 Å². The van der Waals surface area contributed by atoms with Crippen molar-refractivity contribution in [3.8, 4) is 17.2 Å². The van der Waals surface area contributed by atoms with Crippen molar-refractivity contribution in [2.75, 3.05) is 14.2 Å². The van der Waals surface area contributed by atoms with Crippen LogP contribution in [-0.2, 0) is 74.0 Å². The third kappa shape index (κ3) is 12.8. The van der Waals surface area contributed by atoms with Crippen molar-refractivity contribution in [1.82, 2.24) is 5.32 Å². The van der Waals surface area contributed by atoms with Gasteiger partial charge in [-0.15, -0.1) is 8.42 Å². The average Bonchev–Trinajstić information content (AvgIpc) is 3.06. The predicted octanol–water partition coefficient (Wildman–Crippen LogP) is 2.07. The molecule has 0 spiro atoms. The van der Waals surface area contributed by atoms with Crippen LogP contribution in [0.4, 0.5) is 4.79 Å². The molecule has 296 valence electrons. The number of carbonyl (C=O) groups excluding carboxylic acids is 6. The van der Waals surface area contributed by atoms with Gasteiger partial charge in [0.25, 0.3) is 0 Å². The number of ether oxygens (including phenoxy) is 8. The van der Waals surface area contributed by atoms with Gasteiger partial charge in [-0.2, -0.15) is 0 Å². The zero-order valence-corrected chi connectivity index (χ0v) is 31.4. The van der Waals surface area contributed by atoms with Crippen LogP contribution < -0.4 is 18.4 Å². The zero-order valence-electron chi connectivity index (χ0n) is 30.5. The third-order valence-corrected chi connectivity index (χ3v) is 7.64. The second kappa shape index (κ2) is 18.4. The summed E-state index contributed by atoms with van der Waals surface area (Å²) in [6.07, 6.45) is -9.50. The van der Waals surface area contributed by atoms with Gasteiger partial charge in [0.2, 0.25) is 12.4 Å². The van der Waals surface area contributed by atoms with Crippen molar-refractivity contribution in [2.24, 2.45) is 0 Å². The number of hydrogen-bond donors (Lipinski definition) is 1. The second-order valence-corrected chi connectivity index (χ2v) is 13.5. The molecule has 0 saturated carbocycles. The summed E-state index contributed by atoms with van der Waals surface area (Å²) in [7, 11) is -2.74. The van der Waals surface area contributed by atoms with Gasteiger partial charge in [0, 0.05) is 27.2 Å². The molecule has 0 bridgehead atoms. The van der Waals surface area contributed by atoms with Crippen LogP contribution in [0.1, 0.15) is 47.1 Å². The monoisotopic (exact) mass is 783 g/mol. The van der Waals surface area contributed by atoms with Crippen molar-refractivity contribution >= 4 is 46.3 Å². The van der Waals surface area contributed by atoms with E-state index in [9.17, 15) is 37.2 Å². The fourth-order valence-corrected chi connectivity index (χ4v) is 5.60. The first kappa shape index (κ1) is 42.8. The van der Waals surface area contributed by atoms with Gasteiger partial charge in [0.15, 0.2) is 29.8 Å². The Morgan fingerprint density at radius 1 is 0.759 bits per heavy atom. The number of para-hydroxylation sites is 2. The van der Waals surface area contributed by atoms with E-state index in [1.54, 1.807) is 20.8 Å². The lowest BCUT2D eigenvalue weighted by Crippen LogP contribution is -2.64. The molecule has 0 aliphatic carbocycles. The van der Waals surface area contributed by atoms with Crippen LogP contribution in [0.2, 0.25) is 0 Å². The molecular weight excluding hydrogens is 742 g/mol. The first-order valence-electron chi connectivity index (χ1n) is 16.0. The molecule has 1 saturated heterocycles. The van der Waals surface area contributed by atoms with E-state index in [2.05, 4.69) is 5.32 Å². The highest BCUT2D eigenvalue weighted by Crippen LogP contribution is 2.35. The minimum Gasteiger partial charge on any atom is -0.467 e. The van der Waals surface area contributed by atoms with E-state index >= 15 is 0 Å². The average molecular weight is 784 g/mol. The highest BCUT2D eigenvalue weighted by Gasteiger charge is 2.56. The Labute approximate surface area is 310 Å². The van der Waals surface area contributed by atoms with E-state index < -0.39 is 94.4 Å². The van der Waals surface area contributed by atoms with Crippen LogP contribution in [0.5, 0.6) is 17.2 Å². The topological polar surface area (TPSA) is 241 Å². The summed E-state index contributed by atoms with van der Waals surface area (Å²) in [4.78, 5) is 73.5. The highest BCUT2D eigenvalue weighted by molar-refractivity contribution is 7.82. The number of esters is 5. The molecule has 6 atom stereocenters. The summed E-state index contributed by atoms with van der Waals surface area (Å²) in [5.41, 5.74) is -0.341. The van der Waals surface area contributed by atoms with E-state index in [-0.39, 0.29) is 17.9 Å². The van der Waals surface area contributed by atoms with Crippen molar-refractivity contribution in [3.05, 3.63) is 54.1 Å². The van der Waals surface area contributed by atoms with Gasteiger partial charge in [0.05, 0.1) is 14.2 Å². The first-order chi connectivity index (χ1) is 25.2. The summed E-state index contributed by atoms with van der Waals surface area (Å²) in [6, 6.07) is 9.49. The highest BCUT2D eigenvalue weighted by atomic mass is 32.3. The van der Waals surface area contributed by atoms with Crippen molar-refractivity contribution in [2.45, 2.75) is 90.3 Å². The lowest BCUT2D eigenvalue weighted by Gasteiger charge is -2.43. The molecule has 1 amide bonds. The van der Waals surface area contributed by atoms with Crippen LogP contribution in [0, 0.1) is 0 Å². The smallest absolute Gasteiger partial charge is 0.467 e. The quantitative estimate of drug-likeness (QED) is 0.213. The molecule has 1 fully saturated rings. The molecule has 19 nitrogen and oxygen atoms in total. The first-order valence-corrected chi connectivity index (χ1v) is 17.4. The predicted molar refractivity (Wildman–Crippen MR) is 180 cm³/mol. The molecule has 54 heavy (non-hydrogen) atoms. The molecule has 0 radical (unpaired) electrons. The number of nitrogens with one attached hydrogen (secondary N) is 1. The van der Waals surface area contributed by atoms with Gasteiger partial charge in [-0.05, 0) is 50.6 Å². The molecule has 0 aromatic heterocycles. The number of benzene rings is 2. The largest absolute Gasteiger partial charge is 0.501 e. The fourth-order valence-electron chi connectivity index (χ4n) is 4.86. The van der Waals surface area contributed by atoms with E-state index in [1.165, 1.54) is 48.5 Å². The summed E-state index contributed by atoms with van der Waals surface area (Å²) in [6.45, 7) is 8.00. The van der Waals surface area contributed by atoms with Crippen LogP contribution in [0.3, 0.4) is 0 Å². The van der Waals surface area contributed by atoms with E-state index in [1.807, 2.05) is 0 Å². The number of hydrogen-bond acceptors (Lipinski definition) is 18. The Balaban J connectivity index is 1.84. The van der Waals surface area contributed by atoms with Gasteiger partial charge in [-0.25, -0.2) is 14.4 Å². The second-order valence-electron chi connectivity index (χ2n) is 12.4. The third-order valence-electron chi connectivity index (χ3n) is 6.86. The molecule has 1 aliphatic heterocycles. The van der Waals surface area contributed by atoms with Crippen LogP contribution in [-0.4, -0.2) is 101 Å². The van der Waals surface area contributed by atoms with Gasteiger partial charge in [-0.3, -0.25) is 14.4 Å².